The molecule has 4 nitrogen and oxygen atoms in total. The first-order valence-corrected chi connectivity index (χ1v) is 7.33. The molecule has 0 saturated heterocycles. The Labute approximate surface area is 113 Å². The molecule has 0 aromatic carbocycles. The van der Waals surface area contributed by atoms with Crippen molar-refractivity contribution in [3.8, 4) is 11.5 Å². The Morgan fingerprint density at radius 2 is 2.17 bits per heavy atom. The molecule has 1 rings (SSSR count). The zero-order valence-electron chi connectivity index (χ0n) is 11.4. The van der Waals surface area contributed by atoms with Crippen molar-refractivity contribution in [2.45, 2.75) is 19.9 Å². The second kappa shape index (κ2) is 9.05. The van der Waals surface area contributed by atoms with Crippen molar-refractivity contribution < 1.29 is 9.47 Å². The van der Waals surface area contributed by atoms with Gasteiger partial charge in [-0.05, 0) is 24.5 Å². The molecule has 0 atom stereocenters. The number of hydrogen-bond donors (Lipinski definition) is 1. The third-order valence-corrected chi connectivity index (χ3v) is 3.49. The summed E-state index contributed by atoms with van der Waals surface area (Å²) in [7, 11) is 3.28. The van der Waals surface area contributed by atoms with E-state index in [0.717, 1.165) is 23.7 Å². The Balaban J connectivity index is 2.41. The van der Waals surface area contributed by atoms with E-state index >= 15 is 0 Å². The maximum atomic E-state index is 5.33. The summed E-state index contributed by atoms with van der Waals surface area (Å²) in [6, 6.07) is 1.81. The summed E-state index contributed by atoms with van der Waals surface area (Å²) in [4.78, 5) is 4.32. The summed E-state index contributed by atoms with van der Waals surface area (Å²) >= 11 is 1.97. The van der Waals surface area contributed by atoms with Gasteiger partial charge in [-0.15, -0.1) is 0 Å². The van der Waals surface area contributed by atoms with Crippen LogP contribution in [0.4, 0.5) is 0 Å². The molecule has 1 N–H and O–H groups in total. The highest BCUT2D eigenvalue weighted by Gasteiger charge is 2.09. The lowest BCUT2D eigenvalue weighted by atomic mass is 10.3. The van der Waals surface area contributed by atoms with Crippen molar-refractivity contribution in [2.24, 2.45) is 0 Å². The van der Waals surface area contributed by atoms with Crippen LogP contribution in [0.3, 0.4) is 0 Å². The Morgan fingerprint density at radius 1 is 1.33 bits per heavy atom. The lowest BCUT2D eigenvalue weighted by Crippen LogP contribution is -2.17. The third kappa shape index (κ3) is 4.74. The van der Waals surface area contributed by atoms with Gasteiger partial charge in [0.05, 0.1) is 19.9 Å². The molecule has 18 heavy (non-hydrogen) atoms. The fourth-order valence-corrected chi connectivity index (χ4v) is 2.26. The molecule has 0 spiro atoms. The van der Waals surface area contributed by atoms with Crippen molar-refractivity contribution in [3.05, 3.63) is 18.0 Å². The molecule has 102 valence electrons. The van der Waals surface area contributed by atoms with Gasteiger partial charge in [-0.3, -0.25) is 4.98 Å². The predicted octanol–water partition coefficient (Wildman–Crippen LogP) is 2.33. The van der Waals surface area contributed by atoms with Crippen molar-refractivity contribution >= 4 is 11.8 Å². The van der Waals surface area contributed by atoms with Crippen molar-refractivity contribution in [3.63, 3.8) is 0 Å². The Morgan fingerprint density at radius 3 is 2.83 bits per heavy atom. The van der Waals surface area contributed by atoms with Crippen LogP contribution in [0.5, 0.6) is 11.5 Å². The van der Waals surface area contributed by atoms with Crippen LogP contribution in [0, 0.1) is 0 Å². The number of hydrogen-bond acceptors (Lipinski definition) is 5. The molecule has 1 heterocycles. The summed E-state index contributed by atoms with van der Waals surface area (Å²) in [5.74, 6) is 3.83. The minimum absolute atomic E-state index is 0.706. The zero-order valence-corrected chi connectivity index (χ0v) is 12.2. The van der Waals surface area contributed by atoms with Gasteiger partial charge in [0.1, 0.15) is 0 Å². The van der Waals surface area contributed by atoms with Crippen molar-refractivity contribution in [1.82, 2.24) is 10.3 Å². The standard InChI is InChI=1S/C13H22N2O2S/c1-4-18-9-5-7-14-10-11-13(17-3)12(16-2)6-8-15-11/h6,8,14H,4-5,7,9-10H2,1-3H3. The van der Waals surface area contributed by atoms with Crippen LogP contribution >= 0.6 is 11.8 Å². The van der Waals surface area contributed by atoms with Crippen LogP contribution in [0.25, 0.3) is 0 Å². The van der Waals surface area contributed by atoms with Crippen molar-refractivity contribution in [2.75, 3.05) is 32.3 Å². The summed E-state index contributed by atoms with van der Waals surface area (Å²) in [5.41, 5.74) is 0.889. The van der Waals surface area contributed by atoms with Gasteiger partial charge in [0.2, 0.25) is 0 Å². The van der Waals surface area contributed by atoms with Crippen molar-refractivity contribution in [1.29, 1.82) is 0 Å². The topological polar surface area (TPSA) is 43.4 Å². The maximum absolute atomic E-state index is 5.33. The summed E-state index contributed by atoms with van der Waals surface area (Å²) in [6.45, 7) is 3.88. The molecule has 0 saturated carbocycles. The van der Waals surface area contributed by atoms with Crippen LogP contribution in [-0.4, -0.2) is 37.3 Å². The smallest absolute Gasteiger partial charge is 0.183 e. The van der Waals surface area contributed by atoms with Gasteiger partial charge in [-0.2, -0.15) is 11.8 Å². The van der Waals surface area contributed by atoms with Gasteiger partial charge in [-0.1, -0.05) is 6.92 Å². The molecular formula is C13H22N2O2S. The van der Waals surface area contributed by atoms with E-state index in [4.69, 9.17) is 9.47 Å². The quantitative estimate of drug-likeness (QED) is 0.698. The lowest BCUT2D eigenvalue weighted by molar-refractivity contribution is 0.348. The first-order valence-electron chi connectivity index (χ1n) is 6.17. The second-order valence-electron chi connectivity index (χ2n) is 3.72. The molecule has 0 aliphatic carbocycles. The molecular weight excluding hydrogens is 248 g/mol. The van der Waals surface area contributed by atoms with E-state index in [0.29, 0.717) is 6.54 Å². The van der Waals surface area contributed by atoms with E-state index in [1.807, 2.05) is 11.8 Å². The number of thioether (sulfide) groups is 1. The Kier molecular flexibility index (Phi) is 7.60. The second-order valence-corrected chi connectivity index (χ2v) is 5.11. The minimum atomic E-state index is 0.706. The number of rotatable bonds is 9. The molecule has 0 amide bonds. The van der Waals surface area contributed by atoms with Crippen LogP contribution < -0.4 is 14.8 Å². The number of methoxy groups -OCH3 is 2. The van der Waals surface area contributed by atoms with Crippen LogP contribution in [-0.2, 0) is 6.54 Å². The van der Waals surface area contributed by atoms with Gasteiger partial charge in [-0.25, -0.2) is 0 Å². The van der Waals surface area contributed by atoms with Gasteiger partial charge < -0.3 is 14.8 Å². The average Bonchev–Trinajstić information content (AvgIpc) is 2.42. The highest BCUT2D eigenvalue weighted by Crippen LogP contribution is 2.28. The Hall–Kier alpha value is -0.940. The Bertz CT molecular complexity index is 348. The van der Waals surface area contributed by atoms with Crippen LogP contribution in [0.2, 0.25) is 0 Å². The number of pyridine rings is 1. The number of aromatic nitrogens is 1. The molecule has 1 aromatic heterocycles. The van der Waals surface area contributed by atoms with E-state index in [2.05, 4.69) is 17.2 Å². The van der Waals surface area contributed by atoms with E-state index in [9.17, 15) is 0 Å². The van der Waals surface area contributed by atoms with Gasteiger partial charge >= 0.3 is 0 Å². The highest BCUT2D eigenvalue weighted by atomic mass is 32.2. The predicted molar refractivity (Wildman–Crippen MR) is 76.7 cm³/mol. The van der Waals surface area contributed by atoms with E-state index in [-0.39, 0.29) is 0 Å². The molecule has 0 unspecified atom stereocenters. The molecule has 0 aliphatic heterocycles. The first-order chi connectivity index (χ1) is 8.83. The fourth-order valence-electron chi connectivity index (χ4n) is 1.63. The number of ether oxygens (including phenoxy) is 2. The van der Waals surface area contributed by atoms with Gasteiger partial charge in [0, 0.05) is 18.8 Å². The fraction of sp³-hybridized carbons (Fsp3) is 0.615. The molecule has 0 radical (unpaired) electrons. The molecule has 0 fully saturated rings. The number of nitrogens with zero attached hydrogens (tertiary/aromatic N) is 1. The zero-order chi connectivity index (χ0) is 13.2. The van der Waals surface area contributed by atoms with E-state index < -0.39 is 0 Å². The molecule has 5 heteroatoms. The lowest BCUT2D eigenvalue weighted by Gasteiger charge is -2.12. The minimum Gasteiger partial charge on any atom is -0.493 e. The SMILES string of the molecule is CCSCCCNCc1nccc(OC)c1OC. The third-order valence-electron chi connectivity index (χ3n) is 2.51. The molecule has 0 bridgehead atoms. The normalized spacial score (nSPS) is 10.4. The summed E-state index contributed by atoms with van der Waals surface area (Å²) in [5, 5.41) is 3.38. The number of nitrogens with one attached hydrogen (secondary N) is 1. The summed E-state index contributed by atoms with van der Waals surface area (Å²) < 4.78 is 10.6. The van der Waals surface area contributed by atoms with E-state index in [1.54, 1.807) is 26.5 Å². The van der Waals surface area contributed by atoms with Crippen LogP contribution in [0.1, 0.15) is 19.0 Å². The highest BCUT2D eigenvalue weighted by molar-refractivity contribution is 7.99. The first kappa shape index (κ1) is 15.1. The van der Waals surface area contributed by atoms with E-state index in [1.165, 1.54) is 17.9 Å². The van der Waals surface area contributed by atoms with Gasteiger partial charge in [0.25, 0.3) is 0 Å². The molecule has 0 aliphatic rings. The molecule has 1 aromatic rings. The summed E-state index contributed by atoms with van der Waals surface area (Å²) in [6.07, 6.45) is 2.91. The van der Waals surface area contributed by atoms with Crippen LogP contribution in [0.15, 0.2) is 12.3 Å². The monoisotopic (exact) mass is 270 g/mol. The maximum Gasteiger partial charge on any atom is 0.183 e. The van der Waals surface area contributed by atoms with Gasteiger partial charge in [0.15, 0.2) is 11.5 Å². The largest absolute Gasteiger partial charge is 0.493 e. The average molecular weight is 270 g/mol.